The Kier molecular flexibility index (Phi) is 6.66. The lowest BCUT2D eigenvalue weighted by molar-refractivity contribution is -0.384. The molecule has 1 N–H and O–H groups in total. The summed E-state index contributed by atoms with van der Waals surface area (Å²) in [6, 6.07) is 17.1. The topological polar surface area (TPSA) is 108 Å². The number of oxazole rings is 1. The van der Waals surface area contributed by atoms with Gasteiger partial charge in [0.25, 0.3) is 5.69 Å². The lowest BCUT2D eigenvalue weighted by Crippen LogP contribution is -2.31. The second-order valence-electron chi connectivity index (χ2n) is 9.59. The highest BCUT2D eigenvalue weighted by Gasteiger charge is 2.26. The van der Waals surface area contributed by atoms with Gasteiger partial charge >= 0.3 is 0 Å². The number of hydrogen-bond donors (Lipinski definition) is 1. The van der Waals surface area contributed by atoms with Gasteiger partial charge in [0.1, 0.15) is 11.6 Å². The van der Waals surface area contributed by atoms with Gasteiger partial charge in [0.05, 0.1) is 11.0 Å². The van der Waals surface area contributed by atoms with Crippen molar-refractivity contribution in [2.45, 2.75) is 45.1 Å². The summed E-state index contributed by atoms with van der Waals surface area (Å²) in [6.07, 6.45) is 2.31. The molecule has 0 radical (unpaired) electrons. The smallest absolute Gasteiger partial charge is 0.282 e. The van der Waals surface area contributed by atoms with Crippen LogP contribution in [0.5, 0.6) is 0 Å². The molecule has 0 spiro atoms. The fourth-order valence-electron chi connectivity index (χ4n) is 4.35. The summed E-state index contributed by atoms with van der Waals surface area (Å²) in [5.74, 6) is 0.282. The third-order valence-corrected chi connectivity index (χ3v) is 6.26. The minimum Gasteiger partial charge on any atom is -0.419 e. The number of rotatable bonds is 7. The predicted molar refractivity (Wildman–Crippen MR) is 130 cm³/mol. The van der Waals surface area contributed by atoms with Crippen molar-refractivity contribution in [2.75, 3.05) is 25.0 Å². The maximum absolute atomic E-state index is 11.4. The van der Waals surface area contributed by atoms with Crippen LogP contribution in [0.2, 0.25) is 0 Å². The van der Waals surface area contributed by atoms with E-state index in [1.165, 1.54) is 17.2 Å². The van der Waals surface area contributed by atoms with E-state index >= 15 is 0 Å². The number of benzene rings is 2. The number of nitro benzene ring substituents is 1. The average Bonchev–Trinajstić information content (AvgIpc) is 3.49. The van der Waals surface area contributed by atoms with Gasteiger partial charge in [0.2, 0.25) is 17.5 Å². The van der Waals surface area contributed by atoms with E-state index in [4.69, 9.17) is 4.42 Å². The van der Waals surface area contributed by atoms with Gasteiger partial charge in [-0.1, -0.05) is 57.2 Å². The van der Waals surface area contributed by atoms with Gasteiger partial charge in [0.15, 0.2) is 0 Å². The number of likely N-dealkylation sites (tertiary alicyclic amines) is 1. The molecule has 4 rings (SSSR count). The average molecular weight is 460 g/mol. The van der Waals surface area contributed by atoms with Crippen molar-refractivity contribution in [2.24, 2.45) is 0 Å². The molecular formula is C26H29N5O3. The molecule has 0 amide bonds. The zero-order valence-electron chi connectivity index (χ0n) is 19.7. The number of nitrogens with one attached hydrogen (secondary N) is 1. The van der Waals surface area contributed by atoms with E-state index < -0.39 is 4.92 Å². The highest BCUT2D eigenvalue weighted by Crippen LogP contribution is 2.33. The molecular weight excluding hydrogens is 430 g/mol. The first-order valence-corrected chi connectivity index (χ1v) is 11.5. The number of aromatic nitrogens is 1. The lowest BCUT2D eigenvalue weighted by Gasteiger charge is -2.29. The van der Waals surface area contributed by atoms with Gasteiger partial charge in [-0.25, -0.2) is 0 Å². The molecule has 0 saturated carbocycles. The third-order valence-electron chi connectivity index (χ3n) is 6.26. The fourth-order valence-corrected chi connectivity index (χ4v) is 4.35. The van der Waals surface area contributed by atoms with E-state index in [-0.39, 0.29) is 40.2 Å². The first-order valence-electron chi connectivity index (χ1n) is 11.5. The SMILES string of the molecule is CC(C)(C)c1ccc(C(CNc2oc(-c3ccccc3[N+](=O)[O-])nc2C#N)N2CCCC2)cc1. The minimum atomic E-state index is -0.483. The Morgan fingerprint density at radius 2 is 1.85 bits per heavy atom. The summed E-state index contributed by atoms with van der Waals surface area (Å²) in [5.41, 5.74) is 2.76. The Bertz CT molecular complexity index is 1200. The van der Waals surface area contributed by atoms with Crippen molar-refractivity contribution in [3.8, 4) is 17.5 Å². The third kappa shape index (κ3) is 4.95. The van der Waals surface area contributed by atoms with Gasteiger partial charge in [-0.3, -0.25) is 15.0 Å². The van der Waals surface area contributed by atoms with E-state index in [0.717, 1.165) is 25.9 Å². The van der Waals surface area contributed by atoms with Crippen molar-refractivity contribution < 1.29 is 9.34 Å². The van der Waals surface area contributed by atoms with E-state index in [0.29, 0.717) is 6.54 Å². The van der Waals surface area contributed by atoms with Crippen LogP contribution in [0.1, 0.15) is 56.5 Å². The summed E-state index contributed by atoms with van der Waals surface area (Å²) in [7, 11) is 0. The van der Waals surface area contributed by atoms with Crippen LogP contribution in [-0.2, 0) is 5.41 Å². The van der Waals surface area contributed by atoms with Gasteiger partial charge < -0.3 is 9.73 Å². The van der Waals surface area contributed by atoms with Gasteiger partial charge in [-0.05, 0) is 48.5 Å². The van der Waals surface area contributed by atoms with Crippen molar-refractivity contribution in [1.29, 1.82) is 5.26 Å². The quantitative estimate of drug-likeness (QED) is 0.358. The molecule has 8 nitrogen and oxygen atoms in total. The molecule has 34 heavy (non-hydrogen) atoms. The van der Waals surface area contributed by atoms with Gasteiger partial charge in [-0.2, -0.15) is 10.2 Å². The maximum atomic E-state index is 11.4. The summed E-state index contributed by atoms with van der Waals surface area (Å²) in [4.78, 5) is 17.6. The van der Waals surface area contributed by atoms with Crippen LogP contribution >= 0.6 is 0 Å². The van der Waals surface area contributed by atoms with Gasteiger partial charge in [-0.15, -0.1) is 0 Å². The van der Waals surface area contributed by atoms with Crippen molar-refractivity contribution >= 4 is 11.6 Å². The molecule has 3 aromatic rings. The largest absolute Gasteiger partial charge is 0.419 e. The lowest BCUT2D eigenvalue weighted by atomic mass is 9.86. The van der Waals surface area contributed by atoms with Crippen molar-refractivity contribution in [3.63, 3.8) is 0 Å². The molecule has 176 valence electrons. The Hall–Kier alpha value is -3.70. The molecule has 1 saturated heterocycles. The minimum absolute atomic E-state index is 0.0543. The van der Waals surface area contributed by atoms with Crippen LogP contribution in [0.4, 0.5) is 11.6 Å². The van der Waals surface area contributed by atoms with E-state index in [1.807, 2.05) is 6.07 Å². The fraction of sp³-hybridized carbons (Fsp3) is 0.385. The highest BCUT2D eigenvalue weighted by atomic mass is 16.6. The second-order valence-corrected chi connectivity index (χ2v) is 9.59. The summed E-state index contributed by atoms with van der Waals surface area (Å²) in [6.45, 7) is 9.14. The number of nitriles is 1. The molecule has 0 aliphatic carbocycles. The molecule has 1 atom stereocenters. The molecule has 1 aliphatic rings. The summed E-state index contributed by atoms with van der Waals surface area (Å²) < 4.78 is 5.83. The highest BCUT2D eigenvalue weighted by molar-refractivity contribution is 5.68. The molecule has 1 fully saturated rings. The van der Waals surface area contributed by atoms with Crippen LogP contribution in [0.3, 0.4) is 0 Å². The van der Waals surface area contributed by atoms with Crippen molar-refractivity contribution in [1.82, 2.24) is 9.88 Å². The first-order chi connectivity index (χ1) is 16.3. The number of nitro groups is 1. The normalized spacial score (nSPS) is 15.1. The van der Waals surface area contributed by atoms with Gasteiger partial charge in [0, 0.05) is 12.6 Å². The van der Waals surface area contributed by atoms with Crippen LogP contribution in [0.15, 0.2) is 52.9 Å². The Morgan fingerprint density at radius 1 is 1.18 bits per heavy atom. The van der Waals surface area contributed by atoms with E-state index in [2.05, 4.69) is 60.2 Å². The van der Waals surface area contributed by atoms with Crippen LogP contribution in [0.25, 0.3) is 11.5 Å². The molecule has 8 heteroatoms. The van der Waals surface area contributed by atoms with E-state index in [9.17, 15) is 15.4 Å². The second kappa shape index (κ2) is 9.65. The summed E-state index contributed by atoms with van der Waals surface area (Å²) >= 11 is 0. The first kappa shape index (κ1) is 23.5. The standard InChI is InChI=1S/C26H29N5O3/c1-26(2,3)19-12-10-18(11-13-19)23(30-14-6-7-15-30)17-28-25-21(16-27)29-24(34-25)20-8-4-5-9-22(20)31(32)33/h4-5,8-13,23,28H,6-7,14-15,17H2,1-3H3. The molecule has 2 aromatic carbocycles. The molecule has 1 aromatic heterocycles. The van der Waals surface area contributed by atoms with E-state index in [1.54, 1.807) is 18.2 Å². The Balaban J connectivity index is 1.60. The van der Waals surface area contributed by atoms with Crippen LogP contribution in [0, 0.1) is 21.4 Å². The molecule has 1 aliphatic heterocycles. The number of anilines is 1. The van der Waals surface area contributed by atoms with Crippen molar-refractivity contribution in [3.05, 3.63) is 75.5 Å². The zero-order chi connectivity index (χ0) is 24.3. The molecule has 2 heterocycles. The van der Waals surface area contributed by atoms with Crippen LogP contribution < -0.4 is 5.32 Å². The molecule has 1 unspecified atom stereocenters. The Labute approximate surface area is 199 Å². The number of hydrogen-bond acceptors (Lipinski definition) is 7. The Morgan fingerprint density at radius 3 is 2.47 bits per heavy atom. The zero-order valence-corrected chi connectivity index (χ0v) is 19.7. The summed E-state index contributed by atoms with van der Waals surface area (Å²) in [5, 5.41) is 24.3. The number of para-hydroxylation sites is 1. The molecule has 0 bridgehead atoms. The van der Waals surface area contributed by atoms with Crippen LogP contribution in [-0.4, -0.2) is 34.4 Å². The monoisotopic (exact) mass is 459 g/mol. The predicted octanol–water partition coefficient (Wildman–Crippen LogP) is 5.67. The maximum Gasteiger partial charge on any atom is 0.282 e. The number of nitrogens with zero attached hydrogens (tertiary/aromatic N) is 4.